The van der Waals surface area contributed by atoms with Crippen molar-refractivity contribution in [2.75, 3.05) is 6.54 Å². The van der Waals surface area contributed by atoms with Gasteiger partial charge in [-0.2, -0.15) is 0 Å². The number of Topliss-reactive ketones (excluding diaryl/α,β-unsaturated/α-hetero) is 1. The molecule has 1 saturated heterocycles. The third-order valence-corrected chi connectivity index (χ3v) is 2.42. The van der Waals surface area contributed by atoms with Crippen LogP contribution in [0.5, 0.6) is 0 Å². The van der Waals surface area contributed by atoms with Crippen LogP contribution in [0.4, 0.5) is 0 Å². The van der Waals surface area contributed by atoms with Crippen molar-refractivity contribution < 1.29 is 4.79 Å². The lowest BCUT2D eigenvalue weighted by atomic mass is 9.80. The Hall–Kier alpha value is -0.370. The van der Waals surface area contributed by atoms with Crippen molar-refractivity contribution in [1.82, 2.24) is 5.32 Å². The molecule has 74 valence electrons. The maximum atomic E-state index is 11.5. The molecule has 1 atom stereocenters. The highest BCUT2D eigenvalue weighted by Crippen LogP contribution is 2.26. The summed E-state index contributed by atoms with van der Waals surface area (Å²) in [4.78, 5) is 11.5. The van der Waals surface area contributed by atoms with Crippen LogP contribution in [-0.4, -0.2) is 17.9 Å². The molecule has 2 radical (unpaired) electrons. The molecule has 1 heterocycles. The Kier molecular flexibility index (Phi) is 3.12. The lowest BCUT2D eigenvalue weighted by Crippen LogP contribution is -2.51. The summed E-state index contributed by atoms with van der Waals surface area (Å²) >= 11 is 0. The first-order valence-corrected chi connectivity index (χ1v) is 4.83. The predicted octanol–water partition coefficient (Wildman–Crippen LogP) is 1.76. The topological polar surface area (TPSA) is 29.1 Å². The van der Waals surface area contributed by atoms with Crippen molar-refractivity contribution in [2.45, 2.75) is 39.7 Å². The molecule has 2 heteroatoms. The summed E-state index contributed by atoms with van der Waals surface area (Å²) in [5.74, 6) is 1.68. The molecule has 0 amide bonds. The molecule has 1 rings (SSSR count). The zero-order valence-corrected chi connectivity index (χ0v) is 8.98. The predicted molar refractivity (Wildman–Crippen MR) is 54.1 cm³/mol. The Balaban J connectivity index is 2.55. The van der Waals surface area contributed by atoms with Gasteiger partial charge in [0.15, 0.2) is 0 Å². The van der Waals surface area contributed by atoms with E-state index in [0.29, 0.717) is 12.3 Å². The molecule has 0 bridgehead atoms. The van der Waals surface area contributed by atoms with E-state index in [4.69, 9.17) is 0 Å². The van der Waals surface area contributed by atoms with Crippen LogP contribution in [0.25, 0.3) is 0 Å². The lowest BCUT2D eigenvalue weighted by Gasteiger charge is -2.35. The number of carbonyl (C=O) groups is 1. The third-order valence-electron chi connectivity index (χ3n) is 2.42. The maximum absolute atomic E-state index is 11.5. The van der Waals surface area contributed by atoms with E-state index in [9.17, 15) is 4.79 Å². The molecule has 0 aromatic rings. The van der Waals surface area contributed by atoms with Gasteiger partial charge in [0, 0.05) is 11.5 Å². The number of ketones is 1. The second-order valence-corrected chi connectivity index (χ2v) is 4.76. The highest BCUT2D eigenvalue weighted by atomic mass is 16.1. The smallest absolute Gasteiger partial charge is 0.150 e. The van der Waals surface area contributed by atoms with Gasteiger partial charge in [-0.05, 0) is 32.6 Å². The molecule has 1 unspecified atom stereocenters. The Morgan fingerprint density at radius 3 is 2.69 bits per heavy atom. The number of piperidine rings is 1. The molecule has 0 spiro atoms. The van der Waals surface area contributed by atoms with Crippen LogP contribution in [0.15, 0.2) is 0 Å². The van der Waals surface area contributed by atoms with E-state index in [1.807, 2.05) is 13.8 Å². The standard InChI is InChI=1S/C11H19NO/c1-8(2)5-9-6-11(3,4)12-7-10(9)13/h5,9,12H,6-7H2,1-4H3. The van der Waals surface area contributed by atoms with E-state index in [-0.39, 0.29) is 11.5 Å². The number of nitrogens with one attached hydrogen (secondary N) is 1. The zero-order chi connectivity index (χ0) is 10.1. The van der Waals surface area contributed by atoms with Crippen molar-refractivity contribution >= 4 is 5.78 Å². The largest absolute Gasteiger partial charge is 0.305 e. The fourth-order valence-corrected chi connectivity index (χ4v) is 1.75. The molecule has 1 aliphatic rings. The fraction of sp³-hybridized carbons (Fsp3) is 0.727. The zero-order valence-electron chi connectivity index (χ0n) is 8.98. The van der Waals surface area contributed by atoms with E-state index in [2.05, 4.69) is 25.6 Å². The maximum Gasteiger partial charge on any atom is 0.150 e. The summed E-state index contributed by atoms with van der Waals surface area (Å²) in [6.07, 6.45) is 3.00. The minimum absolute atomic E-state index is 0.102. The van der Waals surface area contributed by atoms with Crippen LogP contribution in [-0.2, 0) is 4.79 Å². The molecular formula is C11H19NO. The van der Waals surface area contributed by atoms with Crippen LogP contribution in [0.2, 0.25) is 0 Å². The molecule has 2 nitrogen and oxygen atoms in total. The molecule has 0 aliphatic carbocycles. The second-order valence-electron chi connectivity index (χ2n) is 4.76. The number of hydrogen-bond acceptors (Lipinski definition) is 2. The summed E-state index contributed by atoms with van der Waals surface area (Å²) in [7, 11) is 0. The van der Waals surface area contributed by atoms with Crippen molar-refractivity contribution in [3.05, 3.63) is 12.3 Å². The first-order valence-electron chi connectivity index (χ1n) is 4.83. The van der Waals surface area contributed by atoms with E-state index >= 15 is 0 Å². The minimum Gasteiger partial charge on any atom is -0.305 e. The highest BCUT2D eigenvalue weighted by molar-refractivity contribution is 5.85. The van der Waals surface area contributed by atoms with E-state index < -0.39 is 0 Å². The summed E-state index contributed by atoms with van der Waals surface area (Å²) in [6.45, 7) is 8.89. The Bertz CT molecular complexity index is 196. The van der Waals surface area contributed by atoms with Gasteiger partial charge in [0.25, 0.3) is 0 Å². The van der Waals surface area contributed by atoms with E-state index in [0.717, 1.165) is 6.42 Å². The van der Waals surface area contributed by atoms with Crippen molar-refractivity contribution in [1.29, 1.82) is 0 Å². The Morgan fingerprint density at radius 1 is 1.54 bits per heavy atom. The Morgan fingerprint density at radius 2 is 2.15 bits per heavy atom. The molecule has 1 aliphatic heterocycles. The average Bonchev–Trinajstić information content (AvgIpc) is 1.95. The number of rotatable bonds is 2. The van der Waals surface area contributed by atoms with Gasteiger partial charge in [-0.15, -0.1) is 0 Å². The molecule has 0 aromatic heterocycles. The fourth-order valence-electron chi connectivity index (χ4n) is 1.75. The second kappa shape index (κ2) is 3.79. The Labute approximate surface area is 81.1 Å². The van der Waals surface area contributed by atoms with Gasteiger partial charge in [0.1, 0.15) is 5.78 Å². The molecular weight excluding hydrogens is 162 g/mol. The quantitative estimate of drug-likeness (QED) is 0.703. The summed E-state index contributed by atoms with van der Waals surface area (Å²) in [5.41, 5.74) is 0.102. The van der Waals surface area contributed by atoms with Gasteiger partial charge in [0.05, 0.1) is 6.54 Å². The first-order chi connectivity index (χ1) is 5.91. The van der Waals surface area contributed by atoms with Crippen LogP contribution < -0.4 is 5.32 Å². The van der Waals surface area contributed by atoms with E-state index in [1.165, 1.54) is 5.92 Å². The van der Waals surface area contributed by atoms with Crippen molar-refractivity contribution in [3.8, 4) is 0 Å². The summed E-state index contributed by atoms with van der Waals surface area (Å²) in [5, 5.41) is 3.23. The third kappa shape index (κ3) is 3.11. The van der Waals surface area contributed by atoms with Gasteiger partial charge in [0.2, 0.25) is 0 Å². The normalized spacial score (nSPS) is 28.1. The van der Waals surface area contributed by atoms with Crippen molar-refractivity contribution in [2.24, 2.45) is 5.92 Å². The van der Waals surface area contributed by atoms with Gasteiger partial charge >= 0.3 is 0 Å². The number of hydrogen-bond donors (Lipinski definition) is 1. The van der Waals surface area contributed by atoms with Crippen LogP contribution in [0, 0.1) is 18.3 Å². The van der Waals surface area contributed by atoms with Gasteiger partial charge in [-0.3, -0.25) is 4.79 Å². The molecule has 0 aromatic carbocycles. The van der Waals surface area contributed by atoms with Gasteiger partial charge < -0.3 is 5.32 Å². The van der Waals surface area contributed by atoms with Gasteiger partial charge in [-0.25, -0.2) is 0 Å². The first kappa shape index (κ1) is 10.7. The van der Waals surface area contributed by atoms with Crippen molar-refractivity contribution in [3.63, 3.8) is 0 Å². The minimum atomic E-state index is 0.102. The van der Waals surface area contributed by atoms with E-state index in [1.54, 1.807) is 0 Å². The molecule has 1 N–H and O–H groups in total. The van der Waals surface area contributed by atoms with Crippen LogP contribution >= 0.6 is 0 Å². The summed E-state index contributed by atoms with van der Waals surface area (Å²) in [6, 6.07) is 0. The van der Waals surface area contributed by atoms with Gasteiger partial charge in [-0.1, -0.05) is 13.8 Å². The summed E-state index contributed by atoms with van der Waals surface area (Å²) < 4.78 is 0. The molecule has 1 fully saturated rings. The van der Waals surface area contributed by atoms with Crippen LogP contribution in [0.3, 0.4) is 0 Å². The monoisotopic (exact) mass is 181 g/mol. The lowest BCUT2D eigenvalue weighted by molar-refractivity contribution is -0.123. The molecule has 13 heavy (non-hydrogen) atoms. The highest BCUT2D eigenvalue weighted by Gasteiger charge is 2.33. The molecule has 0 saturated carbocycles. The number of carbonyl (C=O) groups excluding carboxylic acids is 1. The SMILES string of the molecule is C[C](C)[CH]C1CC(C)(C)NCC1=O. The van der Waals surface area contributed by atoms with Crippen LogP contribution in [0.1, 0.15) is 34.1 Å². The average molecular weight is 181 g/mol.